The van der Waals surface area contributed by atoms with E-state index in [-0.39, 0.29) is 23.0 Å². The molecule has 0 aromatic heterocycles. The Labute approximate surface area is 230 Å². The molecule has 1 saturated carbocycles. The molecule has 1 unspecified atom stereocenters. The highest BCUT2D eigenvalue weighted by Gasteiger charge is 2.26. The number of ether oxygens (including phenoxy) is 1. The minimum atomic E-state index is -0.298. The summed E-state index contributed by atoms with van der Waals surface area (Å²) in [5, 5.41) is 13.0. The van der Waals surface area contributed by atoms with Gasteiger partial charge in [0, 0.05) is 17.9 Å². The molecule has 3 rings (SSSR count). The number of unbranched alkanes of at least 4 members (excludes halogenated alkanes) is 1. The van der Waals surface area contributed by atoms with Crippen molar-refractivity contribution in [2.75, 3.05) is 13.2 Å². The van der Waals surface area contributed by atoms with Crippen LogP contribution < -0.4 is 10.1 Å². The Morgan fingerprint density at radius 3 is 2.18 bits per heavy atom. The number of carbonyl (C=O) groups is 1. The van der Waals surface area contributed by atoms with E-state index in [2.05, 4.69) is 62.5 Å². The van der Waals surface area contributed by atoms with Gasteiger partial charge in [0.25, 0.3) is 0 Å². The molecule has 38 heavy (non-hydrogen) atoms. The van der Waals surface area contributed by atoms with E-state index < -0.39 is 0 Å². The third-order valence-electron chi connectivity index (χ3n) is 8.36. The van der Waals surface area contributed by atoms with Crippen LogP contribution in [0.1, 0.15) is 103 Å². The Hall–Kier alpha value is -2.75. The third-order valence-corrected chi connectivity index (χ3v) is 8.36. The Kier molecular flexibility index (Phi) is 12.2. The lowest BCUT2D eigenvalue weighted by molar-refractivity contribution is -0.125. The average Bonchev–Trinajstić information content (AvgIpc) is 3.23. The van der Waals surface area contributed by atoms with Crippen LogP contribution in [0.25, 0.3) is 0 Å². The first kappa shape index (κ1) is 29.8. The van der Waals surface area contributed by atoms with E-state index in [9.17, 15) is 9.90 Å². The third kappa shape index (κ3) is 8.92. The van der Waals surface area contributed by atoms with Gasteiger partial charge in [-0.25, -0.2) is 0 Å². The summed E-state index contributed by atoms with van der Waals surface area (Å²) in [6, 6.07) is 15.9. The SMILES string of the molecule is CCC(CC)C/C=C/C(C)(c1ccc(O)cc1)c1ccc(OCCCCNC(=O)C2CCCCCC2)cc1. The van der Waals surface area contributed by atoms with Gasteiger partial charge in [-0.3, -0.25) is 4.79 Å². The highest BCUT2D eigenvalue weighted by Crippen LogP contribution is 2.36. The number of rotatable bonds is 14. The van der Waals surface area contributed by atoms with Gasteiger partial charge in [-0.2, -0.15) is 0 Å². The molecular weight excluding hydrogens is 470 g/mol. The maximum atomic E-state index is 12.4. The molecule has 1 fully saturated rings. The maximum Gasteiger partial charge on any atom is 0.223 e. The molecule has 1 aliphatic rings. The molecule has 2 aromatic carbocycles. The Morgan fingerprint density at radius 2 is 1.58 bits per heavy atom. The number of nitrogens with one attached hydrogen (secondary N) is 1. The summed E-state index contributed by atoms with van der Waals surface area (Å²) in [4.78, 5) is 12.4. The Bertz CT molecular complexity index is 970. The number of benzene rings is 2. The van der Waals surface area contributed by atoms with Crippen LogP contribution in [0.3, 0.4) is 0 Å². The van der Waals surface area contributed by atoms with Gasteiger partial charge >= 0.3 is 0 Å². The van der Waals surface area contributed by atoms with Gasteiger partial charge in [-0.05, 0) is 80.3 Å². The van der Waals surface area contributed by atoms with Crippen molar-refractivity contribution in [3.05, 3.63) is 71.8 Å². The van der Waals surface area contributed by atoms with Gasteiger partial charge in [-0.1, -0.05) is 88.8 Å². The van der Waals surface area contributed by atoms with Crippen LogP contribution >= 0.6 is 0 Å². The number of phenolic OH excluding ortho intramolecular Hbond substituents is 1. The zero-order valence-electron chi connectivity index (χ0n) is 23.9. The van der Waals surface area contributed by atoms with Crippen LogP contribution in [0, 0.1) is 11.8 Å². The first-order chi connectivity index (χ1) is 18.5. The highest BCUT2D eigenvalue weighted by atomic mass is 16.5. The molecule has 0 radical (unpaired) electrons. The van der Waals surface area contributed by atoms with Crippen molar-refractivity contribution >= 4 is 5.91 Å². The molecule has 208 valence electrons. The van der Waals surface area contributed by atoms with Crippen LogP contribution in [-0.4, -0.2) is 24.2 Å². The van der Waals surface area contributed by atoms with Crippen molar-refractivity contribution in [1.29, 1.82) is 0 Å². The van der Waals surface area contributed by atoms with Gasteiger partial charge < -0.3 is 15.2 Å². The van der Waals surface area contributed by atoms with Crippen LogP contribution in [0.2, 0.25) is 0 Å². The predicted molar refractivity (Wildman–Crippen MR) is 158 cm³/mol. The van der Waals surface area contributed by atoms with E-state index in [4.69, 9.17) is 4.74 Å². The van der Waals surface area contributed by atoms with Crippen LogP contribution in [0.4, 0.5) is 0 Å². The molecule has 2 aromatic rings. The number of hydrogen-bond acceptors (Lipinski definition) is 3. The largest absolute Gasteiger partial charge is 0.508 e. The monoisotopic (exact) mass is 519 g/mol. The van der Waals surface area contributed by atoms with Gasteiger partial charge in [-0.15, -0.1) is 0 Å². The molecule has 1 atom stereocenters. The van der Waals surface area contributed by atoms with Crippen LogP contribution in [0.5, 0.6) is 11.5 Å². The quantitative estimate of drug-likeness (QED) is 0.150. The van der Waals surface area contributed by atoms with E-state index in [1.807, 2.05) is 12.1 Å². The van der Waals surface area contributed by atoms with Gasteiger partial charge in [0.1, 0.15) is 11.5 Å². The molecule has 0 spiro atoms. The van der Waals surface area contributed by atoms with Crippen molar-refractivity contribution < 1.29 is 14.6 Å². The Morgan fingerprint density at radius 1 is 0.974 bits per heavy atom. The lowest BCUT2D eigenvalue weighted by Crippen LogP contribution is -2.31. The lowest BCUT2D eigenvalue weighted by Gasteiger charge is -2.28. The summed E-state index contributed by atoms with van der Waals surface area (Å²) in [5.74, 6) is 2.31. The second-order valence-electron chi connectivity index (χ2n) is 11.1. The van der Waals surface area contributed by atoms with Crippen molar-refractivity contribution in [3.8, 4) is 11.5 Å². The first-order valence-electron chi connectivity index (χ1n) is 14.9. The normalized spacial score (nSPS) is 16.3. The summed E-state index contributed by atoms with van der Waals surface area (Å²) in [7, 11) is 0. The second-order valence-corrected chi connectivity index (χ2v) is 11.1. The molecule has 4 nitrogen and oxygen atoms in total. The minimum Gasteiger partial charge on any atom is -0.508 e. The topological polar surface area (TPSA) is 58.6 Å². The lowest BCUT2D eigenvalue weighted by atomic mass is 9.75. The molecule has 4 heteroatoms. The highest BCUT2D eigenvalue weighted by molar-refractivity contribution is 5.78. The molecule has 1 aliphatic carbocycles. The smallest absolute Gasteiger partial charge is 0.223 e. The van der Waals surface area contributed by atoms with Crippen molar-refractivity contribution in [2.24, 2.45) is 11.8 Å². The maximum absolute atomic E-state index is 12.4. The molecule has 0 saturated heterocycles. The molecule has 0 aliphatic heterocycles. The van der Waals surface area contributed by atoms with E-state index >= 15 is 0 Å². The average molecular weight is 520 g/mol. The van der Waals surface area contributed by atoms with Gasteiger partial charge in [0.15, 0.2) is 0 Å². The van der Waals surface area contributed by atoms with Crippen molar-refractivity contribution in [3.63, 3.8) is 0 Å². The number of aromatic hydroxyl groups is 1. The molecular formula is C34H49NO3. The van der Waals surface area contributed by atoms with Gasteiger partial charge in [0.05, 0.1) is 6.61 Å². The van der Waals surface area contributed by atoms with Crippen LogP contribution in [-0.2, 0) is 10.2 Å². The zero-order valence-corrected chi connectivity index (χ0v) is 23.9. The number of carbonyl (C=O) groups excluding carboxylic acids is 1. The van der Waals surface area contributed by atoms with E-state index in [1.54, 1.807) is 12.1 Å². The summed E-state index contributed by atoms with van der Waals surface area (Å²) in [6.45, 7) is 8.13. The summed E-state index contributed by atoms with van der Waals surface area (Å²) < 4.78 is 6.01. The first-order valence-corrected chi connectivity index (χ1v) is 14.9. The summed E-state index contributed by atoms with van der Waals surface area (Å²) in [6.07, 6.45) is 16.9. The molecule has 1 amide bonds. The number of hydrogen-bond donors (Lipinski definition) is 2. The number of amides is 1. The summed E-state index contributed by atoms with van der Waals surface area (Å²) >= 11 is 0. The van der Waals surface area contributed by atoms with Crippen molar-refractivity contribution in [1.82, 2.24) is 5.32 Å². The second kappa shape index (κ2) is 15.6. The number of phenols is 1. The standard InChI is InChI=1S/C34H49NO3/c1-4-27(5-2)13-12-24-34(3,29-16-20-31(36)21-17-29)30-18-22-32(23-19-30)38-26-11-10-25-35-33(37)28-14-8-6-7-9-15-28/h12,16-24,27-28,36H,4-11,13-15,25-26H2,1-3H3,(H,35,37)/b24-12+. The number of allylic oxidation sites excluding steroid dienone is 2. The fourth-order valence-electron chi connectivity index (χ4n) is 5.50. The zero-order chi connectivity index (χ0) is 27.2. The van der Waals surface area contributed by atoms with Crippen molar-refractivity contribution in [2.45, 2.75) is 96.8 Å². The predicted octanol–water partition coefficient (Wildman–Crippen LogP) is 8.33. The van der Waals surface area contributed by atoms with Gasteiger partial charge in [0.2, 0.25) is 5.91 Å². The van der Waals surface area contributed by atoms with E-state index in [0.29, 0.717) is 12.5 Å². The fraction of sp³-hybridized carbons (Fsp3) is 0.559. The van der Waals surface area contributed by atoms with Crippen LogP contribution in [0.15, 0.2) is 60.7 Å². The minimum absolute atomic E-state index is 0.217. The summed E-state index contributed by atoms with van der Waals surface area (Å²) in [5.41, 5.74) is 2.04. The molecule has 0 bridgehead atoms. The fourth-order valence-corrected chi connectivity index (χ4v) is 5.50. The van der Waals surface area contributed by atoms with E-state index in [1.165, 1.54) is 44.1 Å². The Balaban J connectivity index is 1.52. The molecule has 0 heterocycles. The molecule has 2 N–H and O–H groups in total. The van der Waals surface area contributed by atoms with E-state index in [0.717, 1.165) is 50.0 Å².